The molecule has 7 heteroatoms. The Balaban J connectivity index is 1.42. The fourth-order valence-electron chi connectivity index (χ4n) is 3.53. The Morgan fingerprint density at radius 1 is 1.14 bits per heavy atom. The molecule has 1 amide bonds. The lowest BCUT2D eigenvalue weighted by molar-refractivity contribution is -0.131. The van der Waals surface area contributed by atoms with Crippen LogP contribution in [0.25, 0.3) is 0 Å². The van der Waals surface area contributed by atoms with Crippen LogP contribution in [0, 0.1) is 6.92 Å². The highest BCUT2D eigenvalue weighted by Gasteiger charge is 2.26. The first kappa shape index (κ1) is 19.0. The number of nitrogens with zero attached hydrogens (tertiary/aromatic N) is 5. The van der Waals surface area contributed by atoms with E-state index in [1.165, 1.54) is 0 Å². The molecule has 0 bridgehead atoms. The summed E-state index contributed by atoms with van der Waals surface area (Å²) < 4.78 is 0. The third-order valence-corrected chi connectivity index (χ3v) is 5.08. The van der Waals surface area contributed by atoms with Gasteiger partial charge in [-0.3, -0.25) is 9.78 Å². The molecule has 1 aliphatic heterocycles. The largest absolute Gasteiger partial charge is 0.342 e. The van der Waals surface area contributed by atoms with Crippen LogP contribution in [0.1, 0.15) is 35.7 Å². The van der Waals surface area contributed by atoms with E-state index in [4.69, 9.17) is 0 Å². The van der Waals surface area contributed by atoms with Gasteiger partial charge < -0.3 is 10.2 Å². The predicted octanol–water partition coefficient (Wildman–Crippen LogP) is 3.27. The summed E-state index contributed by atoms with van der Waals surface area (Å²) in [5.74, 6) is 1.55. The molecule has 0 saturated carbocycles. The van der Waals surface area contributed by atoms with Crippen molar-refractivity contribution in [3.8, 4) is 0 Å². The van der Waals surface area contributed by atoms with Gasteiger partial charge in [0.15, 0.2) is 0 Å². The molecule has 0 unspecified atom stereocenters. The van der Waals surface area contributed by atoms with Crippen molar-refractivity contribution in [2.24, 2.45) is 0 Å². The van der Waals surface area contributed by atoms with Gasteiger partial charge in [-0.15, -0.1) is 0 Å². The van der Waals surface area contributed by atoms with Crippen molar-refractivity contribution < 1.29 is 4.79 Å². The number of carbonyl (C=O) groups excluding carboxylic acids is 1. The fraction of sp³-hybridized carbons (Fsp3) is 0.318. The van der Waals surface area contributed by atoms with Crippen molar-refractivity contribution in [1.82, 2.24) is 24.8 Å². The number of likely N-dealkylation sites (tertiary alicyclic amines) is 1. The minimum atomic E-state index is 0.115. The number of hydrogen-bond donors (Lipinski definition) is 1. The minimum Gasteiger partial charge on any atom is -0.342 e. The van der Waals surface area contributed by atoms with Crippen LogP contribution in [0.5, 0.6) is 0 Å². The lowest BCUT2D eigenvalue weighted by atomic mass is 9.94. The number of anilines is 2. The zero-order chi connectivity index (χ0) is 20.1. The summed E-state index contributed by atoms with van der Waals surface area (Å²) in [6.07, 6.45) is 7.59. The molecule has 1 N–H and O–H groups in total. The molecular formula is C22H24N6O. The maximum absolute atomic E-state index is 12.7. The quantitative estimate of drug-likeness (QED) is 0.722. The van der Waals surface area contributed by atoms with Gasteiger partial charge in [0.25, 0.3) is 0 Å². The number of pyridine rings is 2. The molecule has 3 aromatic heterocycles. The Labute approximate surface area is 170 Å². The van der Waals surface area contributed by atoms with E-state index in [1.807, 2.05) is 48.2 Å². The standard InChI is InChI=1S/C22H24N6O/c1-16-7-8-20(25-14-16)27-22-24-11-9-19(26-22)17-5-4-12-28(15-17)21(29)13-18-6-2-3-10-23-18/h2-3,6-11,14,17H,4-5,12-13,15H2,1H3,(H,24,25,26,27)/t17-/m1/s1. The summed E-state index contributed by atoms with van der Waals surface area (Å²) in [4.78, 5) is 32.2. The molecule has 0 spiro atoms. The van der Waals surface area contributed by atoms with Crippen LogP contribution in [-0.2, 0) is 11.2 Å². The smallest absolute Gasteiger partial charge is 0.228 e. The van der Waals surface area contributed by atoms with Crippen molar-refractivity contribution in [3.05, 3.63) is 71.9 Å². The van der Waals surface area contributed by atoms with Crippen molar-refractivity contribution in [1.29, 1.82) is 0 Å². The highest BCUT2D eigenvalue weighted by Crippen LogP contribution is 2.26. The second-order valence-corrected chi connectivity index (χ2v) is 7.33. The number of amides is 1. The first-order valence-electron chi connectivity index (χ1n) is 9.88. The highest BCUT2D eigenvalue weighted by molar-refractivity contribution is 5.78. The average Bonchev–Trinajstić information content (AvgIpc) is 2.76. The van der Waals surface area contributed by atoms with Gasteiger partial charge in [-0.05, 0) is 49.6 Å². The van der Waals surface area contributed by atoms with Crippen molar-refractivity contribution in [2.75, 3.05) is 18.4 Å². The van der Waals surface area contributed by atoms with Gasteiger partial charge in [-0.2, -0.15) is 0 Å². The molecule has 29 heavy (non-hydrogen) atoms. The normalized spacial score (nSPS) is 16.4. The minimum absolute atomic E-state index is 0.115. The molecule has 4 rings (SSSR count). The SMILES string of the molecule is Cc1ccc(Nc2nccc([C@@H]3CCCN(C(=O)Cc4ccccn4)C3)n2)nc1. The van der Waals surface area contributed by atoms with Gasteiger partial charge in [0.2, 0.25) is 11.9 Å². The molecule has 4 heterocycles. The van der Waals surface area contributed by atoms with E-state index < -0.39 is 0 Å². The second-order valence-electron chi connectivity index (χ2n) is 7.33. The molecular weight excluding hydrogens is 364 g/mol. The van der Waals surface area contributed by atoms with Crippen LogP contribution < -0.4 is 5.32 Å². The molecule has 0 aromatic carbocycles. The zero-order valence-electron chi connectivity index (χ0n) is 16.5. The van der Waals surface area contributed by atoms with E-state index in [1.54, 1.807) is 18.6 Å². The Kier molecular flexibility index (Phi) is 5.74. The van der Waals surface area contributed by atoms with Crippen LogP contribution in [0.3, 0.4) is 0 Å². The fourth-order valence-corrected chi connectivity index (χ4v) is 3.53. The number of aryl methyl sites for hydroxylation is 1. The van der Waals surface area contributed by atoms with E-state index >= 15 is 0 Å². The van der Waals surface area contributed by atoms with E-state index in [0.717, 1.165) is 36.3 Å². The Morgan fingerprint density at radius 2 is 2.07 bits per heavy atom. The lowest BCUT2D eigenvalue weighted by Crippen LogP contribution is -2.40. The van der Waals surface area contributed by atoms with Gasteiger partial charge >= 0.3 is 0 Å². The van der Waals surface area contributed by atoms with Crippen LogP contribution in [-0.4, -0.2) is 43.8 Å². The molecule has 148 valence electrons. The van der Waals surface area contributed by atoms with E-state index in [9.17, 15) is 4.79 Å². The van der Waals surface area contributed by atoms with Gasteiger partial charge in [0.1, 0.15) is 5.82 Å². The van der Waals surface area contributed by atoms with Crippen LogP contribution >= 0.6 is 0 Å². The number of rotatable bonds is 5. The van der Waals surface area contributed by atoms with Crippen LogP contribution in [0.2, 0.25) is 0 Å². The summed E-state index contributed by atoms with van der Waals surface area (Å²) in [6.45, 7) is 3.45. The summed E-state index contributed by atoms with van der Waals surface area (Å²) in [5.41, 5.74) is 2.85. The summed E-state index contributed by atoms with van der Waals surface area (Å²) in [7, 11) is 0. The topological polar surface area (TPSA) is 83.9 Å². The van der Waals surface area contributed by atoms with E-state index in [2.05, 4.69) is 25.3 Å². The summed E-state index contributed by atoms with van der Waals surface area (Å²) >= 11 is 0. The Morgan fingerprint density at radius 3 is 2.86 bits per heavy atom. The first-order valence-corrected chi connectivity index (χ1v) is 9.88. The number of hydrogen-bond acceptors (Lipinski definition) is 6. The summed E-state index contributed by atoms with van der Waals surface area (Å²) in [5, 5.41) is 3.16. The molecule has 1 aliphatic rings. The van der Waals surface area contributed by atoms with Crippen LogP contribution in [0.4, 0.5) is 11.8 Å². The molecule has 3 aromatic rings. The molecule has 0 radical (unpaired) electrons. The molecule has 7 nitrogen and oxygen atoms in total. The van der Waals surface area contributed by atoms with Gasteiger partial charge in [-0.1, -0.05) is 12.1 Å². The highest BCUT2D eigenvalue weighted by atomic mass is 16.2. The second kappa shape index (κ2) is 8.77. The van der Waals surface area contributed by atoms with E-state index in [0.29, 0.717) is 24.7 Å². The molecule has 0 aliphatic carbocycles. The maximum Gasteiger partial charge on any atom is 0.228 e. The number of nitrogens with one attached hydrogen (secondary N) is 1. The van der Waals surface area contributed by atoms with Gasteiger partial charge in [-0.25, -0.2) is 15.0 Å². The maximum atomic E-state index is 12.7. The number of aromatic nitrogens is 4. The zero-order valence-corrected chi connectivity index (χ0v) is 16.5. The van der Waals surface area contributed by atoms with Crippen molar-refractivity contribution in [3.63, 3.8) is 0 Å². The molecule has 1 fully saturated rings. The third-order valence-electron chi connectivity index (χ3n) is 5.08. The monoisotopic (exact) mass is 388 g/mol. The number of carbonyl (C=O) groups is 1. The molecule has 1 saturated heterocycles. The van der Waals surface area contributed by atoms with Gasteiger partial charge in [0, 0.05) is 43.3 Å². The average molecular weight is 388 g/mol. The third kappa shape index (κ3) is 4.93. The van der Waals surface area contributed by atoms with Crippen LogP contribution in [0.15, 0.2) is 55.0 Å². The summed E-state index contributed by atoms with van der Waals surface area (Å²) in [6, 6.07) is 11.5. The Hall–Kier alpha value is -3.35. The van der Waals surface area contributed by atoms with Crippen molar-refractivity contribution in [2.45, 2.75) is 32.1 Å². The van der Waals surface area contributed by atoms with Crippen molar-refractivity contribution >= 4 is 17.7 Å². The Bertz CT molecular complexity index is 961. The number of piperidine rings is 1. The molecule has 1 atom stereocenters. The van der Waals surface area contributed by atoms with Gasteiger partial charge in [0.05, 0.1) is 12.1 Å². The predicted molar refractivity (Wildman–Crippen MR) is 111 cm³/mol. The first-order chi connectivity index (χ1) is 14.2. The van der Waals surface area contributed by atoms with E-state index in [-0.39, 0.29) is 11.8 Å². The lowest BCUT2D eigenvalue weighted by Gasteiger charge is -2.32.